The maximum Gasteiger partial charge on any atom is 0.269 e. The number of aromatic amines is 1. The van der Waals surface area contributed by atoms with E-state index in [2.05, 4.69) is 25.2 Å². The average Bonchev–Trinajstić information content (AvgIpc) is 3.20. The van der Waals surface area contributed by atoms with Crippen molar-refractivity contribution in [1.82, 2.24) is 15.2 Å². The maximum atomic E-state index is 12.6. The van der Waals surface area contributed by atoms with E-state index in [0.29, 0.717) is 5.69 Å². The monoisotopic (exact) mass is 363 g/mol. The van der Waals surface area contributed by atoms with Crippen molar-refractivity contribution in [3.8, 4) is 0 Å². The fourth-order valence-corrected chi connectivity index (χ4v) is 4.32. The number of aromatic nitrogens is 3. The van der Waals surface area contributed by atoms with Gasteiger partial charge >= 0.3 is 0 Å². The van der Waals surface area contributed by atoms with Gasteiger partial charge in [-0.3, -0.25) is 14.8 Å². The van der Waals surface area contributed by atoms with Gasteiger partial charge < -0.3 is 0 Å². The lowest BCUT2D eigenvalue weighted by Crippen LogP contribution is -2.18. The molecule has 3 aromatic rings. The number of rotatable bonds is 5. The molecule has 10 heteroatoms. The highest BCUT2D eigenvalue weighted by Gasteiger charge is 2.24. The van der Waals surface area contributed by atoms with Crippen LogP contribution >= 0.6 is 11.3 Å². The summed E-state index contributed by atoms with van der Waals surface area (Å²) < 4.78 is 27.6. The summed E-state index contributed by atoms with van der Waals surface area (Å²) in [5.74, 6) is -0.436. The molecule has 0 aliphatic carbocycles. The normalized spacial score (nSPS) is 11.2. The first-order chi connectivity index (χ1) is 11.5. The number of carbonyl (C=O) groups is 1. The van der Waals surface area contributed by atoms with Crippen molar-refractivity contribution < 1.29 is 13.2 Å². The smallest absolute Gasteiger partial charge is 0.269 e. The molecule has 0 spiro atoms. The Bertz CT molecular complexity index is 947. The lowest BCUT2D eigenvalue weighted by atomic mass is 10.2. The standard InChI is InChI=1S/C14H13N5O3S2/c1-9-2-4-10(5-3-9)19-24(21,22)11-6-7-23-12(11)13(20)17-14-15-8-16-18-14/h2-8,19H,1H3,(H2,15,16,17,18,20). The van der Waals surface area contributed by atoms with E-state index in [0.717, 1.165) is 16.9 Å². The van der Waals surface area contributed by atoms with Gasteiger partial charge in [0.25, 0.3) is 15.9 Å². The van der Waals surface area contributed by atoms with E-state index >= 15 is 0 Å². The number of nitrogens with one attached hydrogen (secondary N) is 3. The van der Waals surface area contributed by atoms with Gasteiger partial charge in [0.2, 0.25) is 5.95 Å². The fourth-order valence-electron chi connectivity index (χ4n) is 1.94. The van der Waals surface area contributed by atoms with Gasteiger partial charge in [-0.25, -0.2) is 13.5 Å². The molecule has 0 aliphatic rings. The minimum Gasteiger partial charge on any atom is -0.290 e. The predicted octanol–water partition coefficient (Wildman–Crippen LogP) is 2.23. The number of benzene rings is 1. The Labute approximate surface area is 142 Å². The molecule has 2 aromatic heterocycles. The van der Waals surface area contributed by atoms with E-state index in [4.69, 9.17) is 0 Å². The number of hydrogen-bond donors (Lipinski definition) is 3. The van der Waals surface area contributed by atoms with Crippen LogP contribution in [0.1, 0.15) is 15.2 Å². The summed E-state index contributed by atoms with van der Waals surface area (Å²) in [6.45, 7) is 1.91. The minimum atomic E-state index is -3.88. The van der Waals surface area contributed by atoms with Crippen molar-refractivity contribution in [1.29, 1.82) is 0 Å². The second-order valence-electron chi connectivity index (χ2n) is 4.87. The van der Waals surface area contributed by atoms with Crippen molar-refractivity contribution in [2.24, 2.45) is 0 Å². The summed E-state index contributed by atoms with van der Waals surface area (Å²) >= 11 is 1.03. The van der Waals surface area contributed by atoms with Gasteiger partial charge in [0.15, 0.2) is 0 Å². The van der Waals surface area contributed by atoms with Crippen LogP contribution < -0.4 is 10.0 Å². The molecule has 0 radical (unpaired) electrons. The molecule has 0 unspecified atom stereocenters. The topological polar surface area (TPSA) is 117 Å². The van der Waals surface area contributed by atoms with Crippen LogP contribution in [0.2, 0.25) is 0 Å². The Morgan fingerprint density at radius 1 is 1.21 bits per heavy atom. The number of amides is 1. The van der Waals surface area contributed by atoms with Crippen LogP contribution in [0, 0.1) is 6.92 Å². The summed E-state index contributed by atoms with van der Waals surface area (Å²) in [5, 5.41) is 10.1. The first-order valence-corrected chi connectivity index (χ1v) is 9.16. The summed E-state index contributed by atoms with van der Waals surface area (Å²) in [5.41, 5.74) is 1.44. The molecular weight excluding hydrogens is 350 g/mol. The van der Waals surface area contributed by atoms with Gasteiger partial charge in [0.05, 0.1) is 0 Å². The highest BCUT2D eigenvalue weighted by molar-refractivity contribution is 7.93. The zero-order chi connectivity index (χ0) is 17.2. The van der Waals surface area contributed by atoms with Crippen molar-refractivity contribution in [2.75, 3.05) is 10.0 Å². The fraction of sp³-hybridized carbons (Fsp3) is 0.0714. The Hall–Kier alpha value is -2.72. The molecule has 0 bridgehead atoms. The molecule has 0 fully saturated rings. The number of carbonyl (C=O) groups excluding carboxylic acids is 1. The molecule has 8 nitrogen and oxygen atoms in total. The Morgan fingerprint density at radius 3 is 2.62 bits per heavy atom. The predicted molar refractivity (Wildman–Crippen MR) is 90.6 cm³/mol. The van der Waals surface area contributed by atoms with Gasteiger partial charge in [-0.2, -0.15) is 10.1 Å². The molecule has 3 N–H and O–H groups in total. The van der Waals surface area contributed by atoms with Gasteiger partial charge in [-0.05, 0) is 30.5 Å². The largest absolute Gasteiger partial charge is 0.290 e. The molecular formula is C14H13N5O3S2. The zero-order valence-electron chi connectivity index (χ0n) is 12.5. The molecule has 0 saturated heterocycles. The molecule has 0 atom stereocenters. The molecule has 3 rings (SSSR count). The summed E-state index contributed by atoms with van der Waals surface area (Å²) in [6, 6.07) is 8.30. The highest BCUT2D eigenvalue weighted by Crippen LogP contribution is 2.25. The number of aryl methyl sites for hydroxylation is 1. The quantitative estimate of drug-likeness (QED) is 0.643. The van der Waals surface area contributed by atoms with Crippen LogP contribution in [0.5, 0.6) is 0 Å². The van der Waals surface area contributed by atoms with Gasteiger partial charge in [0, 0.05) is 5.69 Å². The Kier molecular flexibility index (Phi) is 4.32. The highest BCUT2D eigenvalue weighted by atomic mass is 32.2. The van der Waals surface area contributed by atoms with Crippen molar-refractivity contribution >= 4 is 38.9 Å². The van der Waals surface area contributed by atoms with Gasteiger partial charge in [-0.1, -0.05) is 17.7 Å². The lowest BCUT2D eigenvalue weighted by Gasteiger charge is -2.09. The number of anilines is 2. The average molecular weight is 363 g/mol. The molecule has 1 amide bonds. The van der Waals surface area contributed by atoms with Crippen LogP contribution in [0.15, 0.2) is 46.9 Å². The van der Waals surface area contributed by atoms with Crippen LogP contribution in [0.25, 0.3) is 0 Å². The van der Waals surface area contributed by atoms with Gasteiger partial charge in [0.1, 0.15) is 16.1 Å². The summed E-state index contributed by atoms with van der Waals surface area (Å²) in [4.78, 5) is 16.0. The lowest BCUT2D eigenvalue weighted by molar-refractivity contribution is 0.102. The molecule has 124 valence electrons. The van der Waals surface area contributed by atoms with Crippen LogP contribution in [0.3, 0.4) is 0 Å². The number of sulfonamides is 1. The SMILES string of the molecule is Cc1ccc(NS(=O)(=O)c2ccsc2C(=O)Nc2ncn[nH]2)cc1. The number of H-pyrrole nitrogens is 1. The van der Waals surface area contributed by atoms with Crippen LogP contribution in [0.4, 0.5) is 11.6 Å². The zero-order valence-corrected chi connectivity index (χ0v) is 14.1. The maximum absolute atomic E-state index is 12.6. The Morgan fingerprint density at radius 2 is 1.96 bits per heavy atom. The summed E-state index contributed by atoms with van der Waals surface area (Å²) in [6.07, 6.45) is 1.24. The van der Waals surface area contributed by atoms with Gasteiger partial charge in [-0.15, -0.1) is 11.3 Å². The minimum absolute atomic E-state index is 0.0611. The van der Waals surface area contributed by atoms with E-state index in [1.54, 1.807) is 29.6 Å². The molecule has 2 heterocycles. The van der Waals surface area contributed by atoms with E-state index in [1.165, 1.54) is 12.4 Å². The summed E-state index contributed by atoms with van der Waals surface area (Å²) in [7, 11) is -3.88. The van der Waals surface area contributed by atoms with Crippen LogP contribution in [-0.2, 0) is 10.0 Å². The molecule has 0 saturated carbocycles. The van der Waals surface area contributed by atoms with Crippen molar-refractivity contribution in [2.45, 2.75) is 11.8 Å². The second kappa shape index (κ2) is 6.42. The Balaban J connectivity index is 1.85. The molecule has 1 aromatic carbocycles. The molecule has 0 aliphatic heterocycles. The van der Waals surface area contributed by atoms with Crippen molar-refractivity contribution in [3.05, 3.63) is 52.5 Å². The first kappa shape index (κ1) is 16.1. The van der Waals surface area contributed by atoms with Crippen molar-refractivity contribution in [3.63, 3.8) is 0 Å². The molecule has 24 heavy (non-hydrogen) atoms. The van der Waals surface area contributed by atoms with Crippen LogP contribution in [-0.4, -0.2) is 29.5 Å². The van der Waals surface area contributed by atoms with E-state index < -0.39 is 15.9 Å². The number of thiophene rings is 1. The third-order valence-corrected chi connectivity index (χ3v) is 5.54. The number of nitrogens with zero attached hydrogens (tertiary/aromatic N) is 2. The van der Waals surface area contributed by atoms with E-state index in [1.807, 2.05) is 6.92 Å². The first-order valence-electron chi connectivity index (χ1n) is 6.79. The second-order valence-corrected chi connectivity index (χ2v) is 7.44. The third kappa shape index (κ3) is 3.44. The third-order valence-electron chi connectivity index (χ3n) is 3.08. The number of hydrogen-bond acceptors (Lipinski definition) is 6. The van der Waals surface area contributed by atoms with E-state index in [9.17, 15) is 13.2 Å². The van der Waals surface area contributed by atoms with E-state index in [-0.39, 0.29) is 15.7 Å².